The molecule has 0 aliphatic carbocycles. The monoisotopic (exact) mass is 326 g/mol. The maximum absolute atomic E-state index is 12.9. The zero-order valence-corrected chi connectivity index (χ0v) is 14.1. The second-order valence-electron chi connectivity index (χ2n) is 5.72. The van der Waals surface area contributed by atoms with Crippen molar-refractivity contribution in [3.8, 4) is 0 Å². The van der Waals surface area contributed by atoms with Crippen LogP contribution in [0.15, 0.2) is 30.3 Å². The minimum absolute atomic E-state index is 0. The van der Waals surface area contributed by atoms with Crippen LogP contribution >= 0.6 is 12.4 Å². The van der Waals surface area contributed by atoms with Gasteiger partial charge < -0.3 is 15.4 Å². The number of rotatable bonds is 6. The third kappa shape index (κ3) is 4.45. The van der Waals surface area contributed by atoms with E-state index in [0.717, 1.165) is 32.4 Å². The SMILES string of the molecule is CCN(CCc1ccccc1)C(=O)C1(CN)CCOCC1.Cl. The normalized spacial score (nSPS) is 16.6. The number of hydrogen-bond acceptors (Lipinski definition) is 3. The lowest BCUT2D eigenvalue weighted by Gasteiger charge is -2.38. The zero-order chi connectivity index (χ0) is 15.1. The molecule has 1 aliphatic heterocycles. The Hall–Kier alpha value is -1.10. The van der Waals surface area contributed by atoms with Gasteiger partial charge in [0.1, 0.15) is 0 Å². The molecular weight excluding hydrogens is 300 g/mol. The van der Waals surface area contributed by atoms with Gasteiger partial charge in [-0.1, -0.05) is 30.3 Å². The number of nitrogens with zero attached hydrogens (tertiary/aromatic N) is 1. The first-order valence-corrected chi connectivity index (χ1v) is 7.83. The van der Waals surface area contributed by atoms with E-state index in [-0.39, 0.29) is 18.3 Å². The molecule has 1 heterocycles. The van der Waals surface area contributed by atoms with E-state index in [1.807, 2.05) is 30.0 Å². The fraction of sp³-hybridized carbons (Fsp3) is 0.588. The largest absolute Gasteiger partial charge is 0.381 e. The Labute approximate surface area is 139 Å². The number of ether oxygens (including phenoxy) is 1. The van der Waals surface area contributed by atoms with Crippen LogP contribution in [0.1, 0.15) is 25.3 Å². The van der Waals surface area contributed by atoms with Crippen molar-refractivity contribution in [3.63, 3.8) is 0 Å². The van der Waals surface area contributed by atoms with E-state index in [1.54, 1.807) is 0 Å². The fourth-order valence-electron chi connectivity index (χ4n) is 2.91. The van der Waals surface area contributed by atoms with E-state index >= 15 is 0 Å². The van der Waals surface area contributed by atoms with Crippen LogP contribution in [0.25, 0.3) is 0 Å². The van der Waals surface area contributed by atoms with E-state index in [4.69, 9.17) is 10.5 Å². The quantitative estimate of drug-likeness (QED) is 0.872. The van der Waals surface area contributed by atoms with Crippen molar-refractivity contribution in [1.29, 1.82) is 0 Å². The summed E-state index contributed by atoms with van der Waals surface area (Å²) < 4.78 is 5.39. The Morgan fingerprint density at radius 3 is 2.45 bits per heavy atom. The smallest absolute Gasteiger partial charge is 0.230 e. The molecular formula is C17H27ClN2O2. The molecule has 0 aromatic heterocycles. The summed E-state index contributed by atoms with van der Waals surface area (Å²) in [7, 11) is 0. The van der Waals surface area contributed by atoms with Gasteiger partial charge in [0.05, 0.1) is 5.41 Å². The van der Waals surface area contributed by atoms with Gasteiger partial charge in [0.15, 0.2) is 0 Å². The Balaban J connectivity index is 0.00000242. The molecule has 0 atom stereocenters. The van der Waals surface area contributed by atoms with E-state index in [2.05, 4.69) is 12.1 Å². The molecule has 5 heteroatoms. The molecule has 124 valence electrons. The lowest BCUT2D eigenvalue weighted by Crippen LogP contribution is -2.51. The number of halogens is 1. The van der Waals surface area contributed by atoms with Crippen molar-refractivity contribution in [1.82, 2.24) is 4.90 Å². The fourth-order valence-corrected chi connectivity index (χ4v) is 2.91. The maximum Gasteiger partial charge on any atom is 0.230 e. The molecule has 0 unspecified atom stereocenters. The van der Waals surface area contributed by atoms with Gasteiger partial charge in [-0.2, -0.15) is 0 Å². The first-order chi connectivity index (χ1) is 10.2. The molecule has 0 saturated carbocycles. The summed E-state index contributed by atoms with van der Waals surface area (Å²) >= 11 is 0. The molecule has 0 radical (unpaired) electrons. The van der Waals surface area contributed by atoms with Gasteiger partial charge in [0, 0.05) is 32.8 Å². The summed E-state index contributed by atoms with van der Waals surface area (Å²) in [5.41, 5.74) is 6.79. The number of benzene rings is 1. The Kier molecular flexibility index (Phi) is 7.87. The maximum atomic E-state index is 12.9. The molecule has 1 aromatic rings. The Morgan fingerprint density at radius 2 is 1.91 bits per heavy atom. The van der Waals surface area contributed by atoms with Crippen molar-refractivity contribution >= 4 is 18.3 Å². The molecule has 1 fully saturated rings. The van der Waals surface area contributed by atoms with Crippen molar-refractivity contribution in [2.75, 3.05) is 32.8 Å². The number of hydrogen-bond donors (Lipinski definition) is 1. The minimum Gasteiger partial charge on any atom is -0.381 e. The van der Waals surface area contributed by atoms with E-state index < -0.39 is 5.41 Å². The summed E-state index contributed by atoms with van der Waals surface area (Å²) in [6.07, 6.45) is 2.37. The van der Waals surface area contributed by atoms with E-state index in [0.29, 0.717) is 19.8 Å². The molecule has 2 rings (SSSR count). The summed E-state index contributed by atoms with van der Waals surface area (Å²) in [4.78, 5) is 14.8. The van der Waals surface area contributed by atoms with Crippen LogP contribution in [0.4, 0.5) is 0 Å². The Morgan fingerprint density at radius 1 is 1.27 bits per heavy atom. The van der Waals surface area contributed by atoms with Crippen molar-refractivity contribution in [2.45, 2.75) is 26.2 Å². The highest BCUT2D eigenvalue weighted by Crippen LogP contribution is 2.31. The van der Waals surface area contributed by atoms with Gasteiger partial charge in [-0.15, -0.1) is 12.4 Å². The number of carbonyl (C=O) groups excluding carboxylic acids is 1. The molecule has 1 aromatic carbocycles. The summed E-state index contributed by atoms with van der Waals surface area (Å²) in [6, 6.07) is 10.3. The van der Waals surface area contributed by atoms with Gasteiger partial charge in [0.2, 0.25) is 5.91 Å². The highest BCUT2D eigenvalue weighted by molar-refractivity contribution is 5.85. The van der Waals surface area contributed by atoms with Crippen molar-refractivity contribution in [2.24, 2.45) is 11.1 Å². The van der Waals surface area contributed by atoms with Gasteiger partial charge in [-0.25, -0.2) is 0 Å². The lowest BCUT2D eigenvalue weighted by molar-refractivity contribution is -0.147. The summed E-state index contributed by atoms with van der Waals surface area (Å²) in [5, 5.41) is 0. The number of amides is 1. The number of carbonyl (C=O) groups is 1. The third-order valence-electron chi connectivity index (χ3n) is 4.48. The standard InChI is InChI=1S/C17H26N2O2.ClH/c1-2-19(11-8-15-6-4-3-5-7-15)16(20)17(14-18)9-12-21-13-10-17;/h3-7H,2,8-14,18H2,1H3;1H. The highest BCUT2D eigenvalue weighted by atomic mass is 35.5. The third-order valence-corrected chi connectivity index (χ3v) is 4.48. The van der Waals surface area contributed by atoms with Crippen LogP contribution in [-0.4, -0.2) is 43.7 Å². The van der Waals surface area contributed by atoms with Crippen molar-refractivity contribution < 1.29 is 9.53 Å². The molecule has 1 aliphatic rings. The number of nitrogens with two attached hydrogens (primary N) is 1. The molecule has 0 bridgehead atoms. The molecule has 22 heavy (non-hydrogen) atoms. The van der Waals surface area contributed by atoms with E-state index in [9.17, 15) is 4.79 Å². The second-order valence-corrected chi connectivity index (χ2v) is 5.72. The van der Waals surface area contributed by atoms with Gasteiger partial charge in [-0.05, 0) is 31.7 Å². The minimum atomic E-state index is -0.412. The summed E-state index contributed by atoms with van der Waals surface area (Å²) in [6.45, 7) is 5.21. The van der Waals surface area contributed by atoms with Crippen LogP contribution < -0.4 is 5.73 Å². The van der Waals surface area contributed by atoms with Gasteiger partial charge in [-0.3, -0.25) is 4.79 Å². The van der Waals surface area contributed by atoms with Gasteiger partial charge in [0.25, 0.3) is 0 Å². The first-order valence-electron chi connectivity index (χ1n) is 7.83. The van der Waals surface area contributed by atoms with Crippen molar-refractivity contribution in [3.05, 3.63) is 35.9 Å². The molecule has 1 amide bonds. The topological polar surface area (TPSA) is 55.6 Å². The molecule has 0 spiro atoms. The molecule has 4 nitrogen and oxygen atoms in total. The van der Waals surface area contributed by atoms with Crippen LogP contribution in [0.5, 0.6) is 0 Å². The second kappa shape index (κ2) is 9.13. The Bertz CT molecular complexity index is 447. The predicted octanol–water partition coefficient (Wildman–Crippen LogP) is 2.25. The zero-order valence-electron chi connectivity index (χ0n) is 13.3. The van der Waals surface area contributed by atoms with Crippen LogP contribution in [0, 0.1) is 5.41 Å². The van der Waals surface area contributed by atoms with Crippen LogP contribution in [-0.2, 0) is 16.0 Å². The van der Waals surface area contributed by atoms with Gasteiger partial charge >= 0.3 is 0 Å². The molecule has 1 saturated heterocycles. The highest BCUT2D eigenvalue weighted by Gasteiger charge is 2.40. The first kappa shape index (κ1) is 18.9. The lowest BCUT2D eigenvalue weighted by atomic mass is 9.78. The predicted molar refractivity (Wildman–Crippen MR) is 91.2 cm³/mol. The van der Waals surface area contributed by atoms with E-state index in [1.165, 1.54) is 5.56 Å². The summed E-state index contributed by atoms with van der Waals surface area (Å²) in [5.74, 6) is 0.201. The number of likely N-dealkylation sites (N-methyl/N-ethyl adjacent to an activating group) is 1. The molecule has 2 N–H and O–H groups in total. The van der Waals surface area contributed by atoms with Crippen LogP contribution in [0.2, 0.25) is 0 Å². The average molecular weight is 327 g/mol. The average Bonchev–Trinajstić information content (AvgIpc) is 2.56. The van der Waals surface area contributed by atoms with Crippen LogP contribution in [0.3, 0.4) is 0 Å².